The van der Waals surface area contributed by atoms with Gasteiger partial charge in [-0.25, -0.2) is 4.39 Å². The van der Waals surface area contributed by atoms with Crippen LogP contribution in [0.2, 0.25) is 0 Å². The number of benzene rings is 2. The third-order valence-corrected chi connectivity index (χ3v) is 3.72. The molecule has 25 heavy (non-hydrogen) atoms. The number of rotatable bonds is 3. The standard InChI is InChI=1S/C17H14F4N4/c1-9-2-4-11(5-3-9)15-12(17(19,20)21)6-10(7-13(15)18)8-14-23-16(22)25-24-14/h2-7H,8H2,1H3,(H3,22,23,24,25). The average Bonchev–Trinajstić information content (AvgIpc) is 2.92. The van der Waals surface area contributed by atoms with Crippen LogP contribution in [-0.2, 0) is 12.6 Å². The molecule has 0 radical (unpaired) electrons. The maximum absolute atomic E-state index is 14.6. The Hall–Kier alpha value is -2.90. The number of nitrogens with one attached hydrogen (secondary N) is 1. The van der Waals surface area contributed by atoms with E-state index in [-0.39, 0.29) is 29.3 Å². The first-order valence-electron chi connectivity index (χ1n) is 7.37. The number of hydrogen-bond acceptors (Lipinski definition) is 3. The Labute approximate surface area is 140 Å². The molecule has 1 heterocycles. The van der Waals surface area contributed by atoms with Gasteiger partial charge in [0.2, 0.25) is 5.95 Å². The van der Waals surface area contributed by atoms with E-state index in [0.29, 0.717) is 0 Å². The number of H-pyrrole nitrogens is 1. The molecule has 3 aromatic rings. The molecule has 1 aromatic heterocycles. The highest BCUT2D eigenvalue weighted by Gasteiger charge is 2.35. The van der Waals surface area contributed by atoms with Gasteiger partial charge in [0.1, 0.15) is 11.6 Å². The Morgan fingerprint density at radius 1 is 1.12 bits per heavy atom. The van der Waals surface area contributed by atoms with Crippen LogP contribution in [0.5, 0.6) is 0 Å². The topological polar surface area (TPSA) is 67.6 Å². The maximum Gasteiger partial charge on any atom is 0.417 e. The van der Waals surface area contributed by atoms with Crippen molar-refractivity contribution in [2.75, 3.05) is 5.73 Å². The molecule has 3 N–H and O–H groups in total. The molecule has 0 unspecified atom stereocenters. The van der Waals surface area contributed by atoms with Gasteiger partial charge in [0.05, 0.1) is 5.56 Å². The lowest BCUT2D eigenvalue weighted by atomic mass is 9.95. The fourth-order valence-electron chi connectivity index (χ4n) is 2.58. The number of aromatic nitrogens is 3. The van der Waals surface area contributed by atoms with Crippen molar-refractivity contribution in [2.24, 2.45) is 0 Å². The van der Waals surface area contributed by atoms with Crippen LogP contribution in [0.1, 0.15) is 22.5 Å². The summed E-state index contributed by atoms with van der Waals surface area (Å²) in [7, 11) is 0. The number of alkyl halides is 3. The van der Waals surface area contributed by atoms with Gasteiger partial charge in [-0.05, 0) is 30.2 Å². The van der Waals surface area contributed by atoms with Crippen molar-refractivity contribution in [3.8, 4) is 11.1 Å². The maximum atomic E-state index is 14.6. The second-order valence-corrected chi connectivity index (χ2v) is 5.68. The smallest absolute Gasteiger partial charge is 0.367 e. The van der Waals surface area contributed by atoms with Gasteiger partial charge in [0.25, 0.3) is 0 Å². The highest BCUT2D eigenvalue weighted by atomic mass is 19.4. The van der Waals surface area contributed by atoms with E-state index in [1.54, 1.807) is 19.1 Å². The summed E-state index contributed by atoms with van der Waals surface area (Å²) in [5, 5.41) is 6.10. The predicted molar refractivity (Wildman–Crippen MR) is 85.2 cm³/mol. The Bertz CT molecular complexity index is 898. The molecule has 0 bridgehead atoms. The van der Waals surface area contributed by atoms with Crippen molar-refractivity contribution < 1.29 is 17.6 Å². The highest BCUT2D eigenvalue weighted by Crippen LogP contribution is 2.39. The molecule has 0 fully saturated rings. The van der Waals surface area contributed by atoms with Gasteiger partial charge in [-0.1, -0.05) is 29.8 Å². The zero-order valence-electron chi connectivity index (χ0n) is 13.2. The van der Waals surface area contributed by atoms with E-state index in [9.17, 15) is 17.6 Å². The van der Waals surface area contributed by atoms with Gasteiger partial charge in [0.15, 0.2) is 0 Å². The summed E-state index contributed by atoms with van der Waals surface area (Å²) in [5.74, 6) is -0.711. The summed E-state index contributed by atoms with van der Waals surface area (Å²) in [6.07, 6.45) is -4.74. The summed E-state index contributed by atoms with van der Waals surface area (Å²) in [6, 6.07) is 8.22. The van der Waals surface area contributed by atoms with Crippen molar-refractivity contribution >= 4 is 5.95 Å². The van der Waals surface area contributed by atoms with Crippen molar-refractivity contribution in [1.29, 1.82) is 0 Å². The molecule has 0 saturated carbocycles. The van der Waals surface area contributed by atoms with Gasteiger partial charge in [-0.15, -0.1) is 5.10 Å². The number of aromatic amines is 1. The number of nitrogens with zero attached hydrogens (tertiary/aromatic N) is 2. The first kappa shape index (κ1) is 16.9. The van der Waals surface area contributed by atoms with E-state index in [1.165, 1.54) is 12.1 Å². The van der Waals surface area contributed by atoms with Crippen LogP contribution in [0.4, 0.5) is 23.5 Å². The van der Waals surface area contributed by atoms with Crippen molar-refractivity contribution in [3.63, 3.8) is 0 Å². The van der Waals surface area contributed by atoms with E-state index in [0.717, 1.165) is 17.7 Å². The molecule has 0 saturated heterocycles. The molecule has 0 aliphatic carbocycles. The molecule has 8 heteroatoms. The molecule has 130 valence electrons. The third kappa shape index (κ3) is 3.62. The Kier molecular flexibility index (Phi) is 4.20. The van der Waals surface area contributed by atoms with Gasteiger partial charge < -0.3 is 5.73 Å². The number of nitrogens with two attached hydrogens (primary N) is 1. The third-order valence-electron chi connectivity index (χ3n) is 3.72. The molecule has 0 spiro atoms. The summed E-state index contributed by atoms with van der Waals surface area (Å²) >= 11 is 0. The van der Waals surface area contributed by atoms with Crippen molar-refractivity contribution in [3.05, 3.63) is 64.7 Å². The summed E-state index contributed by atoms with van der Waals surface area (Å²) in [4.78, 5) is 3.83. The summed E-state index contributed by atoms with van der Waals surface area (Å²) in [6.45, 7) is 1.80. The molecular weight excluding hydrogens is 336 g/mol. The van der Waals surface area contributed by atoms with E-state index in [2.05, 4.69) is 15.2 Å². The zero-order valence-corrected chi connectivity index (χ0v) is 13.2. The van der Waals surface area contributed by atoms with Gasteiger partial charge in [-0.3, -0.25) is 5.10 Å². The van der Waals surface area contributed by atoms with Crippen LogP contribution in [0.3, 0.4) is 0 Å². The molecular formula is C17H14F4N4. The van der Waals surface area contributed by atoms with E-state index in [4.69, 9.17) is 5.73 Å². The lowest BCUT2D eigenvalue weighted by Gasteiger charge is -2.16. The van der Waals surface area contributed by atoms with Crippen LogP contribution >= 0.6 is 0 Å². The Morgan fingerprint density at radius 2 is 1.80 bits per heavy atom. The molecule has 0 amide bonds. The van der Waals surface area contributed by atoms with Crippen LogP contribution in [0.25, 0.3) is 11.1 Å². The SMILES string of the molecule is Cc1ccc(-c2c(F)cc(Cc3nc(N)n[nH]3)cc2C(F)(F)F)cc1. The van der Waals surface area contributed by atoms with Crippen LogP contribution in [0.15, 0.2) is 36.4 Å². The molecule has 0 aliphatic heterocycles. The largest absolute Gasteiger partial charge is 0.417 e. The summed E-state index contributed by atoms with van der Waals surface area (Å²) < 4.78 is 55.0. The fourth-order valence-corrected chi connectivity index (χ4v) is 2.58. The molecule has 0 atom stereocenters. The summed E-state index contributed by atoms with van der Waals surface area (Å²) in [5.41, 5.74) is 5.04. The van der Waals surface area contributed by atoms with Gasteiger partial charge >= 0.3 is 6.18 Å². The number of hydrogen-bond donors (Lipinski definition) is 2. The monoisotopic (exact) mass is 350 g/mol. The van der Waals surface area contributed by atoms with Crippen LogP contribution in [0, 0.1) is 12.7 Å². The van der Waals surface area contributed by atoms with Gasteiger partial charge in [-0.2, -0.15) is 18.2 Å². The Balaban J connectivity index is 2.10. The predicted octanol–water partition coefficient (Wildman–Crippen LogP) is 4.11. The van der Waals surface area contributed by atoms with Gasteiger partial charge in [0, 0.05) is 12.0 Å². The Morgan fingerprint density at radius 3 is 2.36 bits per heavy atom. The number of anilines is 1. The van der Waals surface area contributed by atoms with Crippen LogP contribution in [-0.4, -0.2) is 15.2 Å². The normalized spacial score (nSPS) is 11.7. The quantitative estimate of drug-likeness (QED) is 0.699. The van der Waals surface area contributed by atoms with Crippen molar-refractivity contribution in [2.45, 2.75) is 19.5 Å². The molecule has 3 rings (SSSR count). The molecule has 0 aliphatic rings. The lowest BCUT2D eigenvalue weighted by molar-refractivity contribution is -0.137. The minimum Gasteiger partial charge on any atom is -0.367 e. The fraction of sp³-hybridized carbons (Fsp3) is 0.176. The first-order valence-corrected chi connectivity index (χ1v) is 7.37. The van der Waals surface area contributed by atoms with Crippen molar-refractivity contribution in [1.82, 2.24) is 15.2 Å². The van der Waals surface area contributed by atoms with E-state index >= 15 is 0 Å². The number of aryl methyl sites for hydroxylation is 1. The average molecular weight is 350 g/mol. The van der Waals surface area contributed by atoms with Crippen LogP contribution < -0.4 is 5.73 Å². The number of nitrogen functional groups attached to an aromatic ring is 1. The minimum absolute atomic E-state index is 0.0252. The lowest BCUT2D eigenvalue weighted by Crippen LogP contribution is -2.10. The van der Waals surface area contributed by atoms with E-state index < -0.39 is 23.1 Å². The van der Waals surface area contributed by atoms with E-state index in [1.807, 2.05) is 0 Å². The minimum atomic E-state index is -4.70. The first-order chi connectivity index (χ1) is 11.7. The highest BCUT2D eigenvalue weighted by molar-refractivity contribution is 5.69. The number of halogens is 4. The molecule has 2 aromatic carbocycles. The molecule has 4 nitrogen and oxygen atoms in total. The zero-order chi connectivity index (χ0) is 18.2. The second kappa shape index (κ2) is 6.19. The second-order valence-electron chi connectivity index (χ2n) is 5.68.